The lowest BCUT2D eigenvalue weighted by Crippen LogP contribution is -2.49. The molecular weight excluding hydrogens is 284 g/mol. The third-order valence-electron chi connectivity index (χ3n) is 4.04. The zero-order valence-corrected chi connectivity index (χ0v) is 13.8. The van der Waals surface area contributed by atoms with E-state index in [-0.39, 0.29) is 5.91 Å². The summed E-state index contributed by atoms with van der Waals surface area (Å²) in [7, 11) is 0. The third kappa shape index (κ3) is 4.72. The molecule has 0 atom stereocenters. The van der Waals surface area contributed by atoms with Crippen molar-refractivity contribution in [2.24, 2.45) is 5.92 Å². The van der Waals surface area contributed by atoms with Crippen LogP contribution in [0.1, 0.15) is 36.2 Å². The van der Waals surface area contributed by atoms with Crippen molar-refractivity contribution in [3.63, 3.8) is 0 Å². The van der Waals surface area contributed by atoms with Gasteiger partial charge in [-0.25, -0.2) is 0 Å². The summed E-state index contributed by atoms with van der Waals surface area (Å²) >= 11 is 5.77. The molecular formula is C17H25ClN2O. The summed E-state index contributed by atoms with van der Waals surface area (Å²) in [6, 6.07) is 7.62. The fourth-order valence-corrected chi connectivity index (χ4v) is 2.71. The number of carbonyl (C=O) groups is 1. The first-order valence-corrected chi connectivity index (χ1v) is 8.30. The van der Waals surface area contributed by atoms with Gasteiger partial charge in [-0.3, -0.25) is 9.69 Å². The lowest BCUT2D eigenvalue weighted by Gasteiger charge is -2.35. The highest BCUT2D eigenvalue weighted by molar-refractivity contribution is 6.17. The first-order chi connectivity index (χ1) is 10.1. The number of hydrogen-bond donors (Lipinski definition) is 0. The molecule has 1 aliphatic rings. The quantitative estimate of drug-likeness (QED) is 0.780. The number of carbonyl (C=O) groups excluding carboxylic acids is 1. The van der Waals surface area contributed by atoms with Gasteiger partial charge in [0.2, 0.25) is 0 Å². The van der Waals surface area contributed by atoms with Gasteiger partial charge in [0.25, 0.3) is 5.91 Å². The fourth-order valence-electron chi connectivity index (χ4n) is 2.53. The molecule has 1 aromatic carbocycles. The highest BCUT2D eigenvalue weighted by Gasteiger charge is 2.21. The van der Waals surface area contributed by atoms with Crippen LogP contribution in [0.5, 0.6) is 0 Å². The van der Waals surface area contributed by atoms with E-state index in [9.17, 15) is 4.79 Å². The molecule has 0 saturated carbocycles. The Balaban J connectivity index is 1.84. The van der Waals surface area contributed by atoms with Crippen molar-refractivity contribution in [3.05, 3.63) is 35.4 Å². The van der Waals surface area contributed by atoms with Gasteiger partial charge in [0.15, 0.2) is 0 Å². The molecule has 0 radical (unpaired) electrons. The van der Waals surface area contributed by atoms with E-state index < -0.39 is 0 Å². The molecule has 0 aromatic heterocycles. The van der Waals surface area contributed by atoms with E-state index in [1.807, 2.05) is 29.2 Å². The lowest BCUT2D eigenvalue weighted by molar-refractivity contribution is 0.0632. The number of rotatable bonds is 5. The molecule has 0 aliphatic carbocycles. The van der Waals surface area contributed by atoms with E-state index in [1.165, 1.54) is 6.42 Å². The van der Waals surface area contributed by atoms with Crippen molar-refractivity contribution in [1.82, 2.24) is 9.80 Å². The molecule has 116 valence electrons. The number of nitrogens with zero attached hydrogens (tertiary/aromatic N) is 2. The van der Waals surface area contributed by atoms with E-state index in [0.717, 1.165) is 49.8 Å². The standard InChI is InChI=1S/C17H25ClN2O/c1-14(2)7-8-19-9-11-20(12-10-19)17(21)16-5-3-15(13-18)4-6-16/h3-6,14H,7-13H2,1-2H3. The Bertz CT molecular complexity index is 450. The van der Waals surface area contributed by atoms with Crippen LogP contribution in [0.4, 0.5) is 0 Å². The van der Waals surface area contributed by atoms with Gasteiger partial charge in [-0.15, -0.1) is 11.6 Å². The molecule has 0 bridgehead atoms. The van der Waals surface area contributed by atoms with Crippen LogP contribution in [0.25, 0.3) is 0 Å². The number of alkyl halides is 1. The van der Waals surface area contributed by atoms with E-state index >= 15 is 0 Å². The molecule has 1 saturated heterocycles. The van der Waals surface area contributed by atoms with Gasteiger partial charge in [-0.05, 0) is 36.6 Å². The van der Waals surface area contributed by atoms with Gasteiger partial charge in [0, 0.05) is 37.6 Å². The molecule has 0 unspecified atom stereocenters. The van der Waals surface area contributed by atoms with Crippen molar-refractivity contribution < 1.29 is 4.79 Å². The molecule has 1 aliphatic heterocycles. The number of amides is 1. The van der Waals surface area contributed by atoms with Crippen LogP contribution in [0.15, 0.2) is 24.3 Å². The lowest BCUT2D eigenvalue weighted by atomic mass is 10.1. The third-order valence-corrected chi connectivity index (χ3v) is 4.35. The molecule has 4 heteroatoms. The number of halogens is 1. The predicted molar refractivity (Wildman–Crippen MR) is 87.8 cm³/mol. The summed E-state index contributed by atoms with van der Waals surface area (Å²) in [5, 5.41) is 0. The second-order valence-electron chi connectivity index (χ2n) is 6.15. The number of benzene rings is 1. The highest BCUT2D eigenvalue weighted by Crippen LogP contribution is 2.12. The van der Waals surface area contributed by atoms with Crippen LogP contribution in [0, 0.1) is 5.92 Å². The highest BCUT2D eigenvalue weighted by atomic mass is 35.5. The van der Waals surface area contributed by atoms with Gasteiger partial charge >= 0.3 is 0 Å². The van der Waals surface area contributed by atoms with Gasteiger partial charge in [0.05, 0.1) is 0 Å². The Kier molecular flexibility index (Phi) is 6.07. The second kappa shape index (κ2) is 7.81. The van der Waals surface area contributed by atoms with E-state index in [2.05, 4.69) is 18.7 Å². The summed E-state index contributed by atoms with van der Waals surface area (Å²) in [5.74, 6) is 1.37. The van der Waals surface area contributed by atoms with E-state index in [0.29, 0.717) is 5.88 Å². The molecule has 0 N–H and O–H groups in total. The first kappa shape index (κ1) is 16.3. The van der Waals surface area contributed by atoms with Crippen LogP contribution in [0.2, 0.25) is 0 Å². The van der Waals surface area contributed by atoms with Crippen molar-refractivity contribution in [3.8, 4) is 0 Å². The molecule has 1 heterocycles. The molecule has 2 rings (SSSR count). The largest absolute Gasteiger partial charge is 0.336 e. The summed E-state index contributed by atoms with van der Waals surface area (Å²) in [6.45, 7) is 9.28. The maximum Gasteiger partial charge on any atom is 0.253 e. The van der Waals surface area contributed by atoms with Crippen LogP contribution < -0.4 is 0 Å². The van der Waals surface area contributed by atoms with Gasteiger partial charge in [0.1, 0.15) is 0 Å². The monoisotopic (exact) mass is 308 g/mol. The number of piperazine rings is 1. The minimum atomic E-state index is 0.139. The molecule has 1 amide bonds. The average molecular weight is 309 g/mol. The minimum absolute atomic E-state index is 0.139. The predicted octanol–water partition coefficient (Wildman–Crippen LogP) is 3.23. The maximum absolute atomic E-state index is 12.4. The number of hydrogen-bond acceptors (Lipinski definition) is 2. The molecule has 1 fully saturated rings. The molecule has 3 nitrogen and oxygen atoms in total. The van der Waals surface area contributed by atoms with Gasteiger partial charge < -0.3 is 4.90 Å². The van der Waals surface area contributed by atoms with Crippen molar-refractivity contribution in [2.45, 2.75) is 26.1 Å². The summed E-state index contributed by atoms with van der Waals surface area (Å²) in [6.07, 6.45) is 1.23. The second-order valence-corrected chi connectivity index (χ2v) is 6.41. The maximum atomic E-state index is 12.4. The molecule has 21 heavy (non-hydrogen) atoms. The van der Waals surface area contributed by atoms with Crippen molar-refractivity contribution in [2.75, 3.05) is 32.7 Å². The van der Waals surface area contributed by atoms with Crippen LogP contribution >= 0.6 is 11.6 Å². The van der Waals surface area contributed by atoms with Crippen molar-refractivity contribution >= 4 is 17.5 Å². The normalized spacial score (nSPS) is 16.5. The zero-order valence-electron chi connectivity index (χ0n) is 13.0. The Morgan fingerprint density at radius 1 is 1.14 bits per heavy atom. The summed E-state index contributed by atoms with van der Waals surface area (Å²) in [5.41, 5.74) is 1.81. The minimum Gasteiger partial charge on any atom is -0.336 e. The SMILES string of the molecule is CC(C)CCN1CCN(C(=O)c2ccc(CCl)cc2)CC1. The van der Waals surface area contributed by atoms with Crippen LogP contribution in [0.3, 0.4) is 0 Å². The molecule has 1 aromatic rings. The van der Waals surface area contributed by atoms with Crippen LogP contribution in [-0.4, -0.2) is 48.4 Å². The fraction of sp³-hybridized carbons (Fsp3) is 0.588. The Hall–Kier alpha value is -1.06. The van der Waals surface area contributed by atoms with E-state index in [4.69, 9.17) is 11.6 Å². The summed E-state index contributed by atoms with van der Waals surface area (Å²) in [4.78, 5) is 16.9. The Labute approximate surface area is 132 Å². The van der Waals surface area contributed by atoms with Gasteiger partial charge in [-0.2, -0.15) is 0 Å². The smallest absolute Gasteiger partial charge is 0.253 e. The topological polar surface area (TPSA) is 23.6 Å². The van der Waals surface area contributed by atoms with Gasteiger partial charge in [-0.1, -0.05) is 26.0 Å². The van der Waals surface area contributed by atoms with Crippen LogP contribution in [-0.2, 0) is 5.88 Å². The molecule has 0 spiro atoms. The van der Waals surface area contributed by atoms with E-state index in [1.54, 1.807) is 0 Å². The Morgan fingerprint density at radius 3 is 2.29 bits per heavy atom. The zero-order chi connectivity index (χ0) is 15.2. The average Bonchev–Trinajstić information content (AvgIpc) is 2.53. The first-order valence-electron chi connectivity index (χ1n) is 7.76. The van der Waals surface area contributed by atoms with Crippen molar-refractivity contribution in [1.29, 1.82) is 0 Å². The summed E-state index contributed by atoms with van der Waals surface area (Å²) < 4.78 is 0. The Morgan fingerprint density at radius 2 is 1.76 bits per heavy atom.